The van der Waals surface area contributed by atoms with E-state index in [-0.39, 0.29) is 5.91 Å². The highest BCUT2D eigenvalue weighted by atomic mass is 79.9. The number of benzene rings is 2. The predicted octanol–water partition coefficient (Wildman–Crippen LogP) is 3.87. The summed E-state index contributed by atoms with van der Waals surface area (Å²) in [5.74, 6) is 1.39. The van der Waals surface area contributed by atoms with Crippen LogP contribution in [0.25, 0.3) is 0 Å². The van der Waals surface area contributed by atoms with Crippen molar-refractivity contribution in [1.82, 2.24) is 0 Å². The van der Waals surface area contributed by atoms with Gasteiger partial charge in [0, 0.05) is 23.2 Å². The Labute approximate surface area is 132 Å². The minimum Gasteiger partial charge on any atom is -0.490 e. The van der Waals surface area contributed by atoms with Gasteiger partial charge in [0.25, 0.3) is 0 Å². The van der Waals surface area contributed by atoms with Gasteiger partial charge in [-0.15, -0.1) is 0 Å². The normalized spacial score (nSPS) is 10.0. The smallest absolute Gasteiger partial charge is 0.221 e. The fourth-order valence-electron chi connectivity index (χ4n) is 1.72. The van der Waals surface area contributed by atoms with Crippen molar-refractivity contribution < 1.29 is 14.3 Å². The van der Waals surface area contributed by atoms with Gasteiger partial charge in [-0.25, -0.2) is 0 Å². The van der Waals surface area contributed by atoms with Crippen molar-refractivity contribution in [3.63, 3.8) is 0 Å². The lowest BCUT2D eigenvalue weighted by molar-refractivity contribution is -0.114. The van der Waals surface area contributed by atoms with Gasteiger partial charge >= 0.3 is 0 Å². The molecule has 0 aromatic heterocycles. The maximum Gasteiger partial charge on any atom is 0.221 e. The van der Waals surface area contributed by atoms with Crippen LogP contribution in [0.1, 0.15) is 6.92 Å². The molecule has 0 aliphatic heterocycles. The van der Waals surface area contributed by atoms with E-state index in [0.717, 1.165) is 10.2 Å². The molecular formula is C16H16BrNO3. The van der Waals surface area contributed by atoms with Crippen LogP contribution in [0.3, 0.4) is 0 Å². The zero-order valence-corrected chi connectivity index (χ0v) is 13.2. The average molecular weight is 350 g/mol. The van der Waals surface area contributed by atoms with Gasteiger partial charge in [-0.05, 0) is 36.4 Å². The van der Waals surface area contributed by atoms with E-state index >= 15 is 0 Å². The molecule has 21 heavy (non-hydrogen) atoms. The van der Waals surface area contributed by atoms with E-state index in [1.54, 1.807) is 6.07 Å². The Bertz CT molecular complexity index is 599. The maximum atomic E-state index is 11.0. The third kappa shape index (κ3) is 5.47. The topological polar surface area (TPSA) is 47.6 Å². The van der Waals surface area contributed by atoms with Gasteiger partial charge in [0.1, 0.15) is 24.7 Å². The molecule has 0 unspecified atom stereocenters. The second-order valence-corrected chi connectivity index (χ2v) is 5.28. The van der Waals surface area contributed by atoms with Crippen molar-refractivity contribution in [1.29, 1.82) is 0 Å². The molecular weight excluding hydrogens is 334 g/mol. The highest BCUT2D eigenvalue weighted by molar-refractivity contribution is 9.10. The van der Waals surface area contributed by atoms with E-state index in [1.165, 1.54) is 6.92 Å². The molecule has 0 heterocycles. The molecule has 1 amide bonds. The van der Waals surface area contributed by atoms with E-state index in [0.29, 0.717) is 24.7 Å². The third-order valence-corrected chi connectivity index (χ3v) is 3.12. The first kappa shape index (κ1) is 15.4. The van der Waals surface area contributed by atoms with Gasteiger partial charge in [0.05, 0.1) is 0 Å². The fraction of sp³-hybridized carbons (Fsp3) is 0.188. The summed E-state index contributed by atoms with van der Waals surface area (Å²) in [5, 5.41) is 2.71. The van der Waals surface area contributed by atoms with Crippen molar-refractivity contribution in [3.05, 3.63) is 53.0 Å². The molecule has 0 fully saturated rings. The molecule has 5 heteroatoms. The molecule has 0 radical (unpaired) electrons. The standard InChI is InChI=1S/C16H16BrNO3/c1-12(19)18-14-3-2-4-16(11-14)21-10-9-20-15-7-5-13(17)6-8-15/h2-8,11H,9-10H2,1H3,(H,18,19). The summed E-state index contributed by atoms with van der Waals surface area (Å²) in [5.41, 5.74) is 0.717. The number of nitrogens with one attached hydrogen (secondary N) is 1. The lowest BCUT2D eigenvalue weighted by Gasteiger charge is -2.09. The lowest BCUT2D eigenvalue weighted by atomic mass is 10.3. The van der Waals surface area contributed by atoms with Gasteiger partial charge in [-0.1, -0.05) is 22.0 Å². The summed E-state index contributed by atoms with van der Waals surface area (Å²) < 4.78 is 12.2. The Morgan fingerprint density at radius 1 is 1.05 bits per heavy atom. The van der Waals surface area contributed by atoms with Crippen molar-refractivity contribution in [2.45, 2.75) is 6.92 Å². The molecule has 0 atom stereocenters. The Morgan fingerprint density at radius 3 is 2.38 bits per heavy atom. The monoisotopic (exact) mass is 349 g/mol. The molecule has 0 spiro atoms. The van der Waals surface area contributed by atoms with Gasteiger partial charge in [-0.3, -0.25) is 4.79 Å². The van der Waals surface area contributed by atoms with Crippen LogP contribution in [0.4, 0.5) is 5.69 Å². The van der Waals surface area contributed by atoms with Crippen molar-refractivity contribution in [2.24, 2.45) is 0 Å². The molecule has 1 N–H and O–H groups in total. The van der Waals surface area contributed by atoms with E-state index in [1.807, 2.05) is 42.5 Å². The summed E-state index contributed by atoms with van der Waals surface area (Å²) in [7, 11) is 0. The highest BCUT2D eigenvalue weighted by Gasteiger charge is 1.99. The zero-order chi connectivity index (χ0) is 15.1. The number of hydrogen-bond donors (Lipinski definition) is 1. The van der Waals surface area contributed by atoms with Crippen LogP contribution >= 0.6 is 15.9 Å². The Morgan fingerprint density at radius 2 is 1.71 bits per heavy atom. The molecule has 2 aromatic rings. The number of hydrogen-bond acceptors (Lipinski definition) is 3. The lowest BCUT2D eigenvalue weighted by Crippen LogP contribution is -2.09. The first-order chi connectivity index (χ1) is 10.1. The number of ether oxygens (including phenoxy) is 2. The Balaban J connectivity index is 1.78. The van der Waals surface area contributed by atoms with E-state index < -0.39 is 0 Å². The van der Waals surface area contributed by atoms with Crippen molar-refractivity contribution in [3.8, 4) is 11.5 Å². The van der Waals surface area contributed by atoms with Crippen LogP contribution in [0.15, 0.2) is 53.0 Å². The molecule has 110 valence electrons. The van der Waals surface area contributed by atoms with Gasteiger partial charge < -0.3 is 14.8 Å². The van der Waals surface area contributed by atoms with Crippen LogP contribution in [0, 0.1) is 0 Å². The molecule has 0 aliphatic carbocycles. The highest BCUT2D eigenvalue weighted by Crippen LogP contribution is 2.18. The molecule has 2 aromatic carbocycles. The number of halogens is 1. The van der Waals surface area contributed by atoms with Crippen LogP contribution in [-0.2, 0) is 4.79 Å². The first-order valence-electron chi connectivity index (χ1n) is 6.52. The summed E-state index contributed by atoms with van der Waals surface area (Å²) in [6.07, 6.45) is 0. The minimum atomic E-state index is -0.106. The summed E-state index contributed by atoms with van der Waals surface area (Å²) in [6.45, 7) is 2.35. The molecule has 0 saturated carbocycles. The molecule has 0 aliphatic rings. The first-order valence-corrected chi connectivity index (χ1v) is 7.31. The Hall–Kier alpha value is -2.01. The third-order valence-electron chi connectivity index (χ3n) is 2.59. The largest absolute Gasteiger partial charge is 0.490 e. The fourth-order valence-corrected chi connectivity index (χ4v) is 1.98. The summed E-state index contributed by atoms with van der Waals surface area (Å²) in [4.78, 5) is 11.0. The Kier molecular flexibility index (Phi) is 5.63. The van der Waals surface area contributed by atoms with Gasteiger partial charge in [-0.2, -0.15) is 0 Å². The van der Waals surface area contributed by atoms with E-state index in [9.17, 15) is 4.79 Å². The molecule has 4 nitrogen and oxygen atoms in total. The molecule has 2 rings (SSSR count). The molecule has 0 saturated heterocycles. The van der Waals surface area contributed by atoms with Crippen LogP contribution in [-0.4, -0.2) is 19.1 Å². The van der Waals surface area contributed by atoms with E-state index in [2.05, 4.69) is 21.2 Å². The molecule has 0 bridgehead atoms. The predicted molar refractivity (Wildman–Crippen MR) is 85.9 cm³/mol. The number of rotatable bonds is 6. The van der Waals surface area contributed by atoms with Gasteiger partial charge in [0.15, 0.2) is 0 Å². The number of anilines is 1. The number of amides is 1. The number of carbonyl (C=O) groups is 1. The second-order valence-electron chi connectivity index (χ2n) is 4.36. The van der Waals surface area contributed by atoms with Gasteiger partial charge in [0.2, 0.25) is 5.91 Å². The van der Waals surface area contributed by atoms with E-state index in [4.69, 9.17) is 9.47 Å². The summed E-state index contributed by atoms with van der Waals surface area (Å²) >= 11 is 3.37. The SMILES string of the molecule is CC(=O)Nc1cccc(OCCOc2ccc(Br)cc2)c1. The van der Waals surface area contributed by atoms with Crippen LogP contribution < -0.4 is 14.8 Å². The van der Waals surface area contributed by atoms with Crippen LogP contribution in [0.2, 0.25) is 0 Å². The van der Waals surface area contributed by atoms with Crippen molar-refractivity contribution >= 4 is 27.5 Å². The maximum absolute atomic E-state index is 11.0. The van der Waals surface area contributed by atoms with Crippen molar-refractivity contribution in [2.75, 3.05) is 18.5 Å². The minimum absolute atomic E-state index is 0.106. The van der Waals surface area contributed by atoms with Crippen LogP contribution in [0.5, 0.6) is 11.5 Å². The average Bonchev–Trinajstić information content (AvgIpc) is 2.45. The number of carbonyl (C=O) groups excluding carboxylic acids is 1. The second kappa shape index (κ2) is 7.69. The quantitative estimate of drug-likeness (QED) is 0.805. The zero-order valence-electron chi connectivity index (χ0n) is 11.6. The summed E-state index contributed by atoms with van der Waals surface area (Å²) in [6, 6.07) is 14.9.